The average molecular weight is 530 g/mol. The molecule has 1 aromatic heterocycles. The van der Waals surface area contributed by atoms with E-state index in [-0.39, 0.29) is 9.68 Å². The van der Waals surface area contributed by atoms with Gasteiger partial charge >= 0.3 is 12.4 Å². The Labute approximate surface area is 192 Å². The number of nitrogens with one attached hydrogen (secondary N) is 2. The summed E-state index contributed by atoms with van der Waals surface area (Å²) in [6.45, 7) is 0. The zero-order chi connectivity index (χ0) is 24.6. The second-order valence-electron chi connectivity index (χ2n) is 6.24. The first-order chi connectivity index (χ1) is 15.2. The van der Waals surface area contributed by atoms with E-state index < -0.39 is 44.6 Å². The molecule has 2 N–H and O–H groups in total. The second-order valence-corrected chi connectivity index (χ2v) is 8.77. The van der Waals surface area contributed by atoms with Gasteiger partial charge in [-0.1, -0.05) is 11.6 Å². The van der Waals surface area contributed by atoms with Gasteiger partial charge in [0, 0.05) is 16.4 Å². The Kier molecular flexibility index (Phi) is 6.59. The number of halogens is 7. The maximum atomic E-state index is 13.1. The van der Waals surface area contributed by atoms with Crippen molar-refractivity contribution in [2.24, 2.45) is 0 Å². The van der Waals surface area contributed by atoms with E-state index in [0.29, 0.717) is 10.7 Å². The van der Waals surface area contributed by atoms with Gasteiger partial charge in [0.2, 0.25) is 11.6 Å². The fourth-order valence-electron chi connectivity index (χ4n) is 2.54. The van der Waals surface area contributed by atoms with Crippen molar-refractivity contribution in [3.05, 3.63) is 65.2 Å². The van der Waals surface area contributed by atoms with Crippen LogP contribution in [0.1, 0.15) is 11.6 Å². The molecular formula is C17H10ClF6N5O2S2. The monoisotopic (exact) mass is 529 g/mol. The molecule has 0 aliphatic heterocycles. The molecule has 3 rings (SSSR count). The third-order valence-electron chi connectivity index (χ3n) is 3.90. The van der Waals surface area contributed by atoms with Crippen molar-refractivity contribution in [2.45, 2.75) is 17.2 Å². The molecule has 16 heteroatoms. The Morgan fingerprint density at radius 3 is 1.82 bits per heavy atom. The van der Waals surface area contributed by atoms with Crippen LogP contribution in [0.4, 0.5) is 32.0 Å². The standard InChI is InChI=1S/C17H10ClF6N5O2S2/c18-9-1-3-10(4-2-9)25-15(32)28-33(30,31)12-7-5-11(6-8-12)29-13(16(19,20)21)26-27-14(29)17(22,23)24/h1-8H,(H2,25,28,32). The van der Waals surface area contributed by atoms with Gasteiger partial charge in [-0.3, -0.25) is 9.29 Å². The van der Waals surface area contributed by atoms with Crippen molar-refractivity contribution >= 4 is 44.6 Å². The lowest BCUT2D eigenvalue weighted by Crippen LogP contribution is -2.34. The predicted molar refractivity (Wildman–Crippen MR) is 109 cm³/mol. The number of nitrogens with zero attached hydrogens (tertiary/aromatic N) is 3. The van der Waals surface area contributed by atoms with Crippen LogP contribution in [0.25, 0.3) is 5.69 Å². The lowest BCUT2D eigenvalue weighted by Gasteiger charge is -2.15. The number of aromatic nitrogens is 3. The molecule has 0 bridgehead atoms. The molecule has 0 fully saturated rings. The van der Waals surface area contributed by atoms with E-state index in [2.05, 4.69) is 15.5 Å². The fourth-order valence-corrected chi connectivity index (χ4v) is 4.02. The Morgan fingerprint density at radius 2 is 1.36 bits per heavy atom. The van der Waals surface area contributed by atoms with Crippen molar-refractivity contribution in [1.82, 2.24) is 19.5 Å². The summed E-state index contributed by atoms with van der Waals surface area (Å²) in [6.07, 6.45) is -10.5. The summed E-state index contributed by atoms with van der Waals surface area (Å²) in [5.74, 6) is -3.84. The molecule has 2 aromatic carbocycles. The number of hydrogen-bond donors (Lipinski definition) is 2. The van der Waals surface area contributed by atoms with E-state index in [1.54, 1.807) is 0 Å². The highest BCUT2D eigenvalue weighted by Crippen LogP contribution is 2.36. The molecule has 0 atom stereocenters. The molecule has 176 valence electrons. The summed E-state index contributed by atoms with van der Waals surface area (Å²) in [5.41, 5.74) is -0.241. The maximum Gasteiger partial charge on any atom is 0.452 e. The quantitative estimate of drug-likeness (QED) is 0.378. The van der Waals surface area contributed by atoms with Gasteiger partial charge in [-0.25, -0.2) is 8.42 Å². The smallest absolute Gasteiger partial charge is 0.332 e. The summed E-state index contributed by atoms with van der Waals surface area (Å²) in [5, 5.41) is 7.87. The van der Waals surface area contributed by atoms with Crippen molar-refractivity contribution in [1.29, 1.82) is 0 Å². The van der Waals surface area contributed by atoms with E-state index in [1.807, 2.05) is 4.72 Å². The van der Waals surface area contributed by atoms with Gasteiger partial charge in [0.1, 0.15) is 0 Å². The minimum absolute atomic E-state index is 0.253. The second kappa shape index (κ2) is 8.79. The molecule has 0 aliphatic carbocycles. The van der Waals surface area contributed by atoms with Crippen molar-refractivity contribution in [3.63, 3.8) is 0 Å². The van der Waals surface area contributed by atoms with Crippen LogP contribution in [0.5, 0.6) is 0 Å². The zero-order valence-electron chi connectivity index (χ0n) is 15.7. The summed E-state index contributed by atoms with van der Waals surface area (Å²) in [7, 11) is -4.32. The minimum Gasteiger partial charge on any atom is -0.332 e. The van der Waals surface area contributed by atoms with Gasteiger partial charge in [-0.15, -0.1) is 10.2 Å². The van der Waals surface area contributed by atoms with Crippen LogP contribution in [-0.2, 0) is 22.4 Å². The highest BCUT2D eigenvalue weighted by molar-refractivity contribution is 7.92. The summed E-state index contributed by atoms with van der Waals surface area (Å²) in [4.78, 5) is -0.471. The van der Waals surface area contributed by atoms with Crippen LogP contribution >= 0.6 is 23.8 Å². The summed E-state index contributed by atoms with van der Waals surface area (Å²) < 4.78 is 105. The largest absolute Gasteiger partial charge is 0.452 e. The summed E-state index contributed by atoms with van der Waals surface area (Å²) >= 11 is 10.7. The van der Waals surface area contributed by atoms with Crippen LogP contribution in [0.3, 0.4) is 0 Å². The number of anilines is 1. The highest BCUT2D eigenvalue weighted by Gasteiger charge is 2.45. The van der Waals surface area contributed by atoms with Gasteiger partial charge in [-0.05, 0) is 60.7 Å². The molecule has 0 unspecified atom stereocenters. The lowest BCUT2D eigenvalue weighted by molar-refractivity contribution is -0.153. The molecule has 0 amide bonds. The molecule has 0 saturated heterocycles. The molecule has 1 heterocycles. The van der Waals surface area contributed by atoms with Gasteiger partial charge < -0.3 is 5.32 Å². The van der Waals surface area contributed by atoms with Gasteiger partial charge in [0.25, 0.3) is 10.0 Å². The SMILES string of the molecule is O=S(=O)(NC(=S)Nc1ccc(Cl)cc1)c1ccc(-n2c(C(F)(F)F)nnc2C(F)(F)F)cc1. The molecular weight excluding hydrogens is 520 g/mol. The van der Waals surface area contributed by atoms with Crippen molar-refractivity contribution in [2.75, 3.05) is 5.32 Å². The lowest BCUT2D eigenvalue weighted by atomic mass is 10.3. The third-order valence-corrected chi connectivity index (χ3v) is 5.86. The molecule has 7 nitrogen and oxygen atoms in total. The first-order valence-electron chi connectivity index (χ1n) is 8.48. The molecule has 3 aromatic rings. The first kappa shape index (κ1) is 24.7. The topological polar surface area (TPSA) is 88.9 Å². The van der Waals surface area contributed by atoms with Gasteiger partial charge in [-0.2, -0.15) is 26.3 Å². The van der Waals surface area contributed by atoms with E-state index in [9.17, 15) is 34.8 Å². The van der Waals surface area contributed by atoms with Gasteiger partial charge in [0.15, 0.2) is 5.11 Å². The summed E-state index contributed by atoms with van der Waals surface area (Å²) in [6, 6.07) is 9.20. The van der Waals surface area contributed by atoms with E-state index in [1.165, 1.54) is 24.3 Å². The van der Waals surface area contributed by atoms with Gasteiger partial charge in [0.05, 0.1) is 4.90 Å². The zero-order valence-corrected chi connectivity index (χ0v) is 18.1. The van der Waals surface area contributed by atoms with Crippen LogP contribution < -0.4 is 10.0 Å². The predicted octanol–water partition coefficient (Wildman–Crippen LogP) is 4.63. The van der Waals surface area contributed by atoms with Crippen LogP contribution in [-0.4, -0.2) is 28.3 Å². The Bertz CT molecular complexity index is 1240. The fraction of sp³-hybridized carbons (Fsp3) is 0.118. The van der Waals surface area contributed by atoms with Crippen LogP contribution in [0, 0.1) is 0 Å². The third kappa shape index (κ3) is 5.72. The number of sulfonamides is 1. The molecule has 0 spiro atoms. The molecule has 33 heavy (non-hydrogen) atoms. The average Bonchev–Trinajstić information content (AvgIpc) is 3.16. The van der Waals surface area contributed by atoms with Crippen molar-refractivity contribution < 1.29 is 34.8 Å². The molecule has 0 radical (unpaired) electrons. The van der Waals surface area contributed by atoms with Crippen LogP contribution in [0.2, 0.25) is 5.02 Å². The Balaban J connectivity index is 1.87. The van der Waals surface area contributed by atoms with E-state index in [4.69, 9.17) is 23.8 Å². The first-order valence-corrected chi connectivity index (χ1v) is 10.7. The molecule has 0 aliphatic rings. The van der Waals surface area contributed by atoms with E-state index >= 15 is 0 Å². The normalized spacial score (nSPS) is 12.5. The Morgan fingerprint density at radius 1 is 0.879 bits per heavy atom. The highest BCUT2D eigenvalue weighted by atomic mass is 35.5. The van der Waals surface area contributed by atoms with Crippen LogP contribution in [0.15, 0.2) is 53.4 Å². The number of benzene rings is 2. The van der Waals surface area contributed by atoms with E-state index in [0.717, 1.165) is 24.3 Å². The Hall–Kier alpha value is -2.91. The molecule has 0 saturated carbocycles. The van der Waals surface area contributed by atoms with Crippen molar-refractivity contribution in [3.8, 4) is 5.69 Å². The number of thiocarbonyl (C=S) groups is 1. The number of rotatable bonds is 4. The maximum absolute atomic E-state index is 13.1. The number of hydrogen-bond acceptors (Lipinski definition) is 5. The number of alkyl halides is 6. The minimum atomic E-state index is -5.25.